The molecule has 0 aromatic rings. The molecule has 0 aliphatic rings. The fraction of sp³-hybridized carbons (Fsp3) is 1.00. The average Bonchev–Trinajstić information content (AvgIpc) is 3.41. The van der Waals surface area contributed by atoms with Crippen molar-refractivity contribution in [3.8, 4) is 0 Å². The van der Waals surface area contributed by atoms with E-state index in [2.05, 4.69) is 49.7 Å². The van der Waals surface area contributed by atoms with Crippen LogP contribution in [0.25, 0.3) is 0 Å². The minimum Gasteiger partial charge on any atom is -0.393 e. The summed E-state index contributed by atoms with van der Waals surface area (Å²) in [6.45, 7) is 17.6. The predicted octanol–water partition coefficient (Wildman–Crippen LogP) is 18.2. The molecule has 0 fully saturated rings. The largest absolute Gasteiger partial charge is 0.393 e. The Kier molecular flexibility index (Phi) is 61.5. The van der Waals surface area contributed by atoms with E-state index >= 15 is 0 Å². The highest BCUT2D eigenvalue weighted by molar-refractivity contribution is 4.75. The molecule has 464 valence electrons. The second kappa shape index (κ2) is 61.7. The standard InChI is InChI=1S/C69H143N3O5/c1-6-11-16-21-26-31-36-41-49-65(73)59-64(48-46-56-72(62-68(76)52-44-39-34-29-24-19-14-9-4)63-69(77)53-45-40-35-30-25-20-15-10-5)54-58-71(61-67(75)51-43-38-33-28-23-18-13-8-3)57-47-55-70-60-66(74)50-42-37-32-27-22-17-12-7-2/h64-70,73-77H,6-63H2,1-5H3. The Balaban J connectivity index is 5.83. The number of aliphatic hydroxyl groups is 5. The summed E-state index contributed by atoms with van der Waals surface area (Å²) >= 11 is 0. The number of nitrogens with zero attached hydrogens (tertiary/aromatic N) is 2. The van der Waals surface area contributed by atoms with Crippen LogP contribution in [0.15, 0.2) is 0 Å². The lowest BCUT2D eigenvalue weighted by Gasteiger charge is -2.30. The van der Waals surface area contributed by atoms with Crippen LogP contribution in [-0.4, -0.2) is 118 Å². The fourth-order valence-corrected chi connectivity index (χ4v) is 11.9. The van der Waals surface area contributed by atoms with E-state index in [9.17, 15) is 25.5 Å². The quantitative estimate of drug-likeness (QED) is 0.0333. The number of aliphatic hydroxyl groups excluding tert-OH is 5. The molecule has 8 nitrogen and oxygen atoms in total. The monoisotopic (exact) mass is 1090 g/mol. The summed E-state index contributed by atoms with van der Waals surface area (Å²) in [5, 5.41) is 60.2. The van der Waals surface area contributed by atoms with Gasteiger partial charge >= 0.3 is 0 Å². The van der Waals surface area contributed by atoms with Crippen molar-refractivity contribution in [2.45, 2.75) is 386 Å². The van der Waals surface area contributed by atoms with Crippen LogP contribution in [-0.2, 0) is 0 Å². The van der Waals surface area contributed by atoms with Crippen molar-refractivity contribution >= 4 is 0 Å². The van der Waals surface area contributed by atoms with Crippen LogP contribution in [0, 0.1) is 5.92 Å². The van der Waals surface area contributed by atoms with Gasteiger partial charge in [0.15, 0.2) is 0 Å². The van der Waals surface area contributed by atoms with E-state index in [0.29, 0.717) is 32.1 Å². The zero-order valence-electron chi connectivity index (χ0n) is 53.1. The molecule has 0 aromatic carbocycles. The number of hydrogen-bond acceptors (Lipinski definition) is 8. The highest BCUT2D eigenvalue weighted by atomic mass is 16.3. The smallest absolute Gasteiger partial charge is 0.0667 e. The summed E-state index contributed by atoms with van der Waals surface area (Å²) in [5.74, 6) is 0.377. The van der Waals surface area contributed by atoms with Crippen molar-refractivity contribution < 1.29 is 25.5 Å². The van der Waals surface area contributed by atoms with Gasteiger partial charge in [-0.3, -0.25) is 4.90 Å². The molecule has 0 saturated heterocycles. The molecule has 0 aromatic heterocycles. The summed E-state index contributed by atoms with van der Waals surface area (Å²) in [5.41, 5.74) is 0. The van der Waals surface area contributed by atoms with E-state index in [1.54, 1.807) is 0 Å². The van der Waals surface area contributed by atoms with Gasteiger partial charge in [-0.05, 0) is 96.3 Å². The van der Waals surface area contributed by atoms with E-state index in [1.165, 1.54) is 225 Å². The molecule has 0 bridgehead atoms. The first-order valence-corrected chi connectivity index (χ1v) is 35.2. The lowest BCUT2D eigenvalue weighted by atomic mass is 9.90. The normalized spacial score (nSPS) is 14.5. The zero-order chi connectivity index (χ0) is 56.3. The van der Waals surface area contributed by atoms with E-state index < -0.39 is 0 Å². The lowest BCUT2D eigenvalue weighted by Crippen LogP contribution is -2.39. The molecule has 0 amide bonds. The number of nitrogens with one attached hydrogen (secondary N) is 1. The van der Waals surface area contributed by atoms with Crippen LogP contribution in [0.1, 0.15) is 356 Å². The minimum absolute atomic E-state index is 0.287. The van der Waals surface area contributed by atoms with E-state index in [4.69, 9.17) is 0 Å². The molecule has 0 aliphatic heterocycles. The second-order valence-corrected chi connectivity index (χ2v) is 25.2. The van der Waals surface area contributed by atoms with Gasteiger partial charge in [-0.2, -0.15) is 0 Å². The van der Waals surface area contributed by atoms with E-state index in [0.717, 1.165) is 122 Å². The average molecular weight is 1090 g/mol. The first-order valence-electron chi connectivity index (χ1n) is 35.2. The van der Waals surface area contributed by atoms with Gasteiger partial charge in [-0.15, -0.1) is 0 Å². The zero-order valence-corrected chi connectivity index (χ0v) is 53.1. The topological polar surface area (TPSA) is 120 Å². The van der Waals surface area contributed by atoms with Crippen LogP contribution in [0.3, 0.4) is 0 Å². The maximum Gasteiger partial charge on any atom is 0.0667 e. The summed E-state index contributed by atoms with van der Waals surface area (Å²) in [6, 6.07) is 0. The third-order valence-electron chi connectivity index (χ3n) is 17.1. The Morgan fingerprint density at radius 1 is 0.260 bits per heavy atom. The van der Waals surface area contributed by atoms with Gasteiger partial charge in [0.1, 0.15) is 0 Å². The van der Waals surface area contributed by atoms with Crippen LogP contribution in [0.2, 0.25) is 0 Å². The Morgan fingerprint density at radius 2 is 0.545 bits per heavy atom. The summed E-state index contributed by atoms with van der Waals surface area (Å²) in [7, 11) is 0. The molecule has 77 heavy (non-hydrogen) atoms. The van der Waals surface area contributed by atoms with Crippen LogP contribution >= 0.6 is 0 Å². The summed E-state index contributed by atoms with van der Waals surface area (Å²) in [6.07, 6.45) is 58.5. The summed E-state index contributed by atoms with van der Waals surface area (Å²) in [4.78, 5) is 4.90. The van der Waals surface area contributed by atoms with Crippen LogP contribution in [0.4, 0.5) is 0 Å². The van der Waals surface area contributed by atoms with Gasteiger partial charge in [0.05, 0.1) is 30.5 Å². The lowest BCUT2D eigenvalue weighted by molar-refractivity contribution is 0.0576. The van der Waals surface area contributed by atoms with E-state index in [-0.39, 0.29) is 30.5 Å². The molecule has 6 unspecified atom stereocenters. The molecular weight excluding hydrogens is 951 g/mol. The van der Waals surface area contributed by atoms with Crippen LogP contribution < -0.4 is 5.32 Å². The van der Waals surface area contributed by atoms with Crippen molar-refractivity contribution in [1.29, 1.82) is 0 Å². The number of unbranched alkanes of at least 4 members (excludes halogenated alkanes) is 35. The molecule has 0 aliphatic carbocycles. The van der Waals surface area contributed by atoms with Crippen molar-refractivity contribution in [2.24, 2.45) is 5.92 Å². The third-order valence-corrected chi connectivity index (χ3v) is 17.1. The molecule has 0 radical (unpaired) electrons. The Bertz CT molecular complexity index is 1070. The second-order valence-electron chi connectivity index (χ2n) is 25.2. The molecule has 8 heteroatoms. The van der Waals surface area contributed by atoms with Gasteiger partial charge in [-0.25, -0.2) is 0 Å². The van der Waals surface area contributed by atoms with Crippen molar-refractivity contribution in [2.75, 3.05) is 52.4 Å². The number of rotatable bonds is 66. The van der Waals surface area contributed by atoms with Gasteiger partial charge in [0, 0.05) is 26.2 Å². The van der Waals surface area contributed by atoms with Gasteiger partial charge < -0.3 is 35.7 Å². The number of hydrogen-bond donors (Lipinski definition) is 6. The van der Waals surface area contributed by atoms with Gasteiger partial charge in [-0.1, -0.05) is 291 Å². The first kappa shape index (κ1) is 76.7. The maximum atomic E-state index is 11.6. The molecule has 6 N–H and O–H groups in total. The minimum atomic E-state index is -0.367. The SMILES string of the molecule is CCCCCCCCCCC(O)CNCCCN(CCC(CCCN(CC(O)CCCCCCCCCC)CC(O)CCCCCCCCCC)CC(O)CCCCCCCCCC)CC(O)CCCCCCCCCC. The molecule has 0 saturated carbocycles. The highest BCUT2D eigenvalue weighted by Gasteiger charge is 2.21. The third kappa shape index (κ3) is 57.3. The van der Waals surface area contributed by atoms with Gasteiger partial charge in [0.25, 0.3) is 0 Å². The highest BCUT2D eigenvalue weighted by Crippen LogP contribution is 2.24. The van der Waals surface area contributed by atoms with Crippen molar-refractivity contribution in [1.82, 2.24) is 15.1 Å². The molecule has 0 heterocycles. The van der Waals surface area contributed by atoms with Crippen molar-refractivity contribution in [3.05, 3.63) is 0 Å². The van der Waals surface area contributed by atoms with Crippen LogP contribution in [0.5, 0.6) is 0 Å². The maximum absolute atomic E-state index is 11.6. The Morgan fingerprint density at radius 3 is 0.896 bits per heavy atom. The van der Waals surface area contributed by atoms with Gasteiger partial charge in [0.2, 0.25) is 0 Å². The fourth-order valence-electron chi connectivity index (χ4n) is 11.9. The molecule has 0 spiro atoms. The Labute approximate surface area is 483 Å². The first-order chi connectivity index (χ1) is 37.7. The predicted molar refractivity (Wildman–Crippen MR) is 338 cm³/mol. The molecule has 6 atom stereocenters. The molecular formula is C69H143N3O5. The van der Waals surface area contributed by atoms with Crippen molar-refractivity contribution in [3.63, 3.8) is 0 Å². The van der Waals surface area contributed by atoms with E-state index in [1.807, 2.05) is 0 Å². The molecule has 0 rings (SSSR count). The summed E-state index contributed by atoms with van der Waals surface area (Å²) < 4.78 is 0. The Hall–Kier alpha value is -0.320.